The quantitative estimate of drug-likeness (QED) is 0.113. The summed E-state index contributed by atoms with van der Waals surface area (Å²) < 4.78 is 0. The smallest absolute Gasteiger partial charge is 0.0815 e. The molecule has 3 aromatic carbocycles. The molecule has 1 saturated carbocycles. The van der Waals surface area contributed by atoms with Crippen molar-refractivity contribution in [3.05, 3.63) is 117 Å². The monoisotopic (exact) mass is 741 g/mol. The third kappa shape index (κ3) is 13.8. The van der Waals surface area contributed by atoms with Crippen LogP contribution in [0.4, 0.5) is 5.69 Å². The maximum atomic E-state index is 7.50. The van der Waals surface area contributed by atoms with Crippen molar-refractivity contribution in [2.45, 2.75) is 51.6 Å². The molecule has 42 heavy (non-hydrogen) atoms. The number of benzene rings is 3. The number of anilines is 1. The molecule has 0 aliphatic heterocycles. The van der Waals surface area contributed by atoms with Crippen molar-refractivity contribution in [2.75, 3.05) is 31.6 Å². The molecule has 1 radical (unpaired) electrons. The van der Waals surface area contributed by atoms with E-state index in [1.54, 1.807) is 18.2 Å². The summed E-state index contributed by atoms with van der Waals surface area (Å²) in [6, 6.07) is 23.3. The van der Waals surface area contributed by atoms with Gasteiger partial charge in [-0.3, -0.25) is 0 Å². The first kappa shape index (κ1) is 41.1. The molecule has 0 saturated heterocycles. The van der Waals surface area contributed by atoms with Crippen molar-refractivity contribution >= 4 is 22.5 Å². The second kappa shape index (κ2) is 23.5. The van der Waals surface area contributed by atoms with E-state index in [9.17, 15) is 0 Å². The first-order chi connectivity index (χ1) is 19.4. The Labute approximate surface area is 270 Å². The van der Waals surface area contributed by atoms with E-state index < -0.39 is 0 Å². The molecule has 3 aromatic rings. The van der Waals surface area contributed by atoms with Crippen LogP contribution in [0.3, 0.4) is 0 Å². The topological polar surface area (TPSA) is 91.1 Å². The van der Waals surface area contributed by atoms with Crippen molar-refractivity contribution < 1.29 is 20.4 Å². The van der Waals surface area contributed by atoms with Gasteiger partial charge in [0.25, 0.3) is 0 Å². The van der Waals surface area contributed by atoms with Gasteiger partial charge in [0.05, 0.1) is 12.6 Å². The fourth-order valence-electron chi connectivity index (χ4n) is 4.29. The largest absolute Gasteiger partial charge is 0.372 e. The average molecular weight is 741 g/mol. The number of nitrogens with zero attached hydrogens (tertiary/aromatic N) is 2. The molecule has 0 atom stereocenters. The predicted molar refractivity (Wildman–Crippen MR) is 183 cm³/mol. The van der Waals surface area contributed by atoms with Gasteiger partial charge in [-0.1, -0.05) is 100 Å². The average Bonchev–Trinajstić information content (AvgIpc) is 3.75. The van der Waals surface area contributed by atoms with Crippen LogP contribution in [0.25, 0.3) is 16.8 Å². The molecule has 5 N–H and O–H groups in total. The molecule has 1 aliphatic rings. The zero-order valence-electron chi connectivity index (χ0n) is 26.2. The summed E-state index contributed by atoms with van der Waals surface area (Å²) in [7, 11) is 1.94. The molecule has 0 heterocycles. The van der Waals surface area contributed by atoms with Gasteiger partial charge in [0.1, 0.15) is 0 Å². The minimum atomic E-state index is -0.0836. The van der Waals surface area contributed by atoms with Gasteiger partial charge in [0.2, 0.25) is 0 Å². The Morgan fingerprint density at radius 1 is 0.976 bits per heavy atom. The molecule has 1 fully saturated rings. The summed E-state index contributed by atoms with van der Waals surface area (Å²) in [6.45, 7) is 18.2. The fourth-order valence-corrected chi connectivity index (χ4v) is 4.29. The molecule has 0 aromatic heterocycles. The van der Waals surface area contributed by atoms with E-state index in [1.165, 1.54) is 46.0 Å². The van der Waals surface area contributed by atoms with Gasteiger partial charge in [-0.05, 0) is 72.3 Å². The number of fused-ring (bicyclic) bond motifs is 1. The van der Waals surface area contributed by atoms with E-state index in [0.717, 1.165) is 32.5 Å². The molecular formula is C36H52N5Re-. The number of nitriles is 1. The molecule has 1 aliphatic carbocycles. The Balaban J connectivity index is 0. The van der Waals surface area contributed by atoms with Gasteiger partial charge in [-0.2, -0.15) is 5.26 Å². The number of nitrogens with one attached hydrogen (secondary N) is 1. The molecule has 6 heteroatoms. The molecule has 0 unspecified atom stereocenters. The Bertz CT molecular complexity index is 1210. The molecule has 5 nitrogen and oxygen atoms in total. The molecule has 0 amide bonds. The first-order valence-corrected chi connectivity index (χ1v) is 14.1. The van der Waals surface area contributed by atoms with Crippen LogP contribution < -0.4 is 21.7 Å². The number of nitrogens with two attached hydrogens (primary N) is 2. The zero-order valence-corrected chi connectivity index (χ0v) is 28.9. The zero-order chi connectivity index (χ0) is 29.8. The summed E-state index contributed by atoms with van der Waals surface area (Å²) >= 11 is 0. The maximum Gasteiger partial charge on any atom is 0.0815 e. The van der Waals surface area contributed by atoms with E-state index in [4.69, 9.17) is 11.0 Å². The molecule has 0 bridgehead atoms. The second-order valence-corrected chi connectivity index (χ2v) is 9.62. The van der Waals surface area contributed by atoms with Crippen LogP contribution in [0.5, 0.6) is 0 Å². The van der Waals surface area contributed by atoms with Crippen LogP contribution in [0.2, 0.25) is 0 Å². The van der Waals surface area contributed by atoms with Gasteiger partial charge >= 0.3 is 0 Å². The summed E-state index contributed by atoms with van der Waals surface area (Å²) in [5, 5.41) is 13.3. The van der Waals surface area contributed by atoms with Gasteiger partial charge < -0.3 is 29.1 Å². The minimum Gasteiger partial charge on any atom is -0.372 e. The normalized spacial score (nSPS) is 11.5. The Kier molecular flexibility index (Phi) is 23.0. The van der Waals surface area contributed by atoms with Crippen LogP contribution in [0, 0.1) is 18.8 Å². The fraction of sp³-hybridized carbons (Fsp3) is 0.333. The van der Waals surface area contributed by atoms with E-state index >= 15 is 0 Å². The number of hydrogen-bond donors (Lipinski definition) is 3. The Hall–Kier alpha value is -3.03. The molecule has 0 spiro atoms. The third-order valence-electron chi connectivity index (χ3n) is 6.42. The van der Waals surface area contributed by atoms with E-state index in [1.807, 2.05) is 25.3 Å². The number of rotatable bonds is 10. The molecule has 4 rings (SSSR count). The summed E-state index contributed by atoms with van der Waals surface area (Å²) in [5.74, 6) is 0. The van der Waals surface area contributed by atoms with Gasteiger partial charge in [0.15, 0.2) is 0 Å². The van der Waals surface area contributed by atoms with Crippen LogP contribution in [0.15, 0.2) is 92.6 Å². The third-order valence-corrected chi connectivity index (χ3v) is 6.42. The minimum absolute atomic E-state index is 0. The standard InChI is InChI=1S/C19H26N2.C10H13N.C4H6.C2H4N2.CH3.Re/c1-3-11-21(12-4-2)16-13-15-7-5-6-8-17(15)18(14-16)19(20)9-10-19;1-3-9-6-4-5-7-10(9)8-11-2;1-3-4-2;3-1-2-4;;/h5-8,13-14H,3-4,9-12,20H2,1-2H3;3-7,11H,1,8H2,2H3;3-4H,1-2H2;1,3H2;1H3;/q;;;;-1;. The van der Waals surface area contributed by atoms with Gasteiger partial charge in [-0.15, -0.1) is 0 Å². The summed E-state index contributed by atoms with van der Waals surface area (Å²) in [4.78, 5) is 2.50. The van der Waals surface area contributed by atoms with Crippen LogP contribution in [-0.4, -0.2) is 26.7 Å². The number of hydrogen-bond acceptors (Lipinski definition) is 5. The van der Waals surface area contributed by atoms with Gasteiger partial charge in [0, 0.05) is 51.3 Å². The predicted octanol–water partition coefficient (Wildman–Crippen LogP) is 7.74. The summed E-state index contributed by atoms with van der Waals surface area (Å²) in [5.41, 5.74) is 16.3. The maximum absolute atomic E-state index is 7.50. The summed E-state index contributed by atoms with van der Waals surface area (Å²) in [6.07, 6.45) is 9.74. The second-order valence-electron chi connectivity index (χ2n) is 9.62. The number of allylic oxidation sites excluding steroid dienone is 2. The van der Waals surface area contributed by atoms with E-state index in [-0.39, 0.29) is 39.9 Å². The van der Waals surface area contributed by atoms with E-state index in [2.05, 4.69) is 98.1 Å². The van der Waals surface area contributed by atoms with Crippen LogP contribution in [0.1, 0.15) is 56.2 Å². The van der Waals surface area contributed by atoms with Crippen molar-refractivity contribution in [3.8, 4) is 6.07 Å². The Morgan fingerprint density at radius 2 is 1.52 bits per heavy atom. The Morgan fingerprint density at radius 3 is 2.00 bits per heavy atom. The molecule has 229 valence electrons. The van der Waals surface area contributed by atoms with Crippen LogP contribution in [-0.2, 0) is 32.5 Å². The van der Waals surface area contributed by atoms with E-state index in [0.29, 0.717) is 0 Å². The van der Waals surface area contributed by atoms with Crippen molar-refractivity contribution in [3.63, 3.8) is 0 Å². The van der Waals surface area contributed by atoms with Crippen LogP contribution >= 0.6 is 0 Å². The van der Waals surface area contributed by atoms with Gasteiger partial charge in [-0.25, -0.2) is 0 Å². The first-order valence-electron chi connectivity index (χ1n) is 14.1. The van der Waals surface area contributed by atoms with Crippen molar-refractivity contribution in [1.82, 2.24) is 5.32 Å². The SMILES string of the molecule is C=CC=C.C=Cc1ccccc1CNC.CCCN(CCC)c1cc(C2(N)CC2)c2ccccc2c1.N#CCN.[CH3-].[Re]. The molecular weight excluding hydrogens is 689 g/mol. The van der Waals surface area contributed by atoms with Crippen molar-refractivity contribution in [1.29, 1.82) is 5.26 Å². The van der Waals surface area contributed by atoms with Crippen molar-refractivity contribution in [2.24, 2.45) is 11.5 Å².